The minimum atomic E-state index is -0.659. The van der Waals surface area contributed by atoms with Crippen molar-refractivity contribution in [3.05, 3.63) is 48.1 Å². The number of amides is 1. The molecular formula is C20H25N5O3. The molecule has 1 aromatic heterocycles. The summed E-state index contributed by atoms with van der Waals surface area (Å²) in [7, 11) is 3.14. The van der Waals surface area contributed by atoms with E-state index in [1.165, 1.54) is 0 Å². The van der Waals surface area contributed by atoms with Crippen LogP contribution < -0.4 is 20.1 Å². The second kappa shape index (κ2) is 7.20. The van der Waals surface area contributed by atoms with E-state index in [0.717, 1.165) is 31.9 Å². The predicted molar refractivity (Wildman–Crippen MR) is 105 cm³/mol. The third-order valence-electron chi connectivity index (χ3n) is 5.26. The van der Waals surface area contributed by atoms with Gasteiger partial charge in [-0.3, -0.25) is 14.7 Å². The van der Waals surface area contributed by atoms with Crippen molar-refractivity contribution in [1.29, 1.82) is 0 Å². The maximum atomic E-state index is 12.9. The Labute approximate surface area is 164 Å². The normalized spacial score (nSPS) is 24.2. The average molecular weight is 383 g/mol. The lowest BCUT2D eigenvalue weighted by Crippen LogP contribution is -2.59. The summed E-state index contributed by atoms with van der Waals surface area (Å²) in [6.07, 6.45) is 9.19. The summed E-state index contributed by atoms with van der Waals surface area (Å²) in [5.41, 5.74) is 1.66. The van der Waals surface area contributed by atoms with Crippen molar-refractivity contribution >= 4 is 11.6 Å². The first-order valence-electron chi connectivity index (χ1n) is 9.32. The minimum Gasteiger partial charge on any atom is -0.493 e. The number of nitrogens with one attached hydrogen (secondary N) is 2. The van der Waals surface area contributed by atoms with Crippen LogP contribution >= 0.6 is 0 Å². The van der Waals surface area contributed by atoms with Crippen molar-refractivity contribution in [3.63, 3.8) is 0 Å². The Morgan fingerprint density at radius 3 is 2.64 bits per heavy atom. The van der Waals surface area contributed by atoms with Crippen LogP contribution in [0.15, 0.2) is 42.4 Å². The van der Waals surface area contributed by atoms with E-state index in [0.29, 0.717) is 22.9 Å². The number of carbonyl (C=O) groups is 1. The molecular weight excluding hydrogens is 358 g/mol. The van der Waals surface area contributed by atoms with Crippen LogP contribution in [0.25, 0.3) is 5.70 Å². The number of nitrogens with zero attached hydrogens (tertiary/aromatic N) is 3. The highest BCUT2D eigenvalue weighted by atomic mass is 16.5. The van der Waals surface area contributed by atoms with Gasteiger partial charge in [0.1, 0.15) is 5.66 Å². The molecule has 4 rings (SSSR count). The molecule has 1 fully saturated rings. The Bertz CT molecular complexity index is 873. The van der Waals surface area contributed by atoms with E-state index in [1.54, 1.807) is 37.5 Å². The monoisotopic (exact) mass is 383 g/mol. The molecule has 8 nitrogen and oxygen atoms in total. The number of carbonyl (C=O) groups excluding carboxylic acids is 1. The zero-order chi connectivity index (χ0) is 19.7. The van der Waals surface area contributed by atoms with Crippen molar-refractivity contribution in [2.24, 2.45) is 0 Å². The fourth-order valence-corrected chi connectivity index (χ4v) is 3.67. The molecule has 0 aliphatic carbocycles. The van der Waals surface area contributed by atoms with Gasteiger partial charge in [0.25, 0.3) is 5.91 Å². The fourth-order valence-electron chi connectivity index (χ4n) is 3.67. The molecule has 3 aliphatic heterocycles. The van der Waals surface area contributed by atoms with Gasteiger partial charge in [0.05, 0.1) is 37.5 Å². The lowest BCUT2D eigenvalue weighted by Gasteiger charge is -2.45. The van der Waals surface area contributed by atoms with Crippen LogP contribution in [-0.4, -0.2) is 66.8 Å². The molecule has 3 aliphatic rings. The van der Waals surface area contributed by atoms with Gasteiger partial charge in [-0.15, -0.1) is 0 Å². The van der Waals surface area contributed by atoms with Crippen LogP contribution in [0.1, 0.15) is 12.6 Å². The number of allylic oxidation sites excluding steroid dienone is 1. The first-order valence-corrected chi connectivity index (χ1v) is 9.32. The first-order chi connectivity index (χ1) is 13.5. The van der Waals surface area contributed by atoms with Gasteiger partial charge < -0.3 is 25.0 Å². The number of rotatable bonds is 4. The van der Waals surface area contributed by atoms with Crippen molar-refractivity contribution in [1.82, 2.24) is 25.4 Å². The molecule has 0 saturated carbocycles. The highest BCUT2D eigenvalue weighted by molar-refractivity contribution is 5.98. The van der Waals surface area contributed by atoms with Gasteiger partial charge in [-0.05, 0) is 19.1 Å². The van der Waals surface area contributed by atoms with Crippen molar-refractivity contribution in [2.45, 2.75) is 12.6 Å². The molecule has 1 unspecified atom stereocenters. The number of fused-ring (bicyclic) bond motifs is 1. The molecule has 0 aromatic carbocycles. The minimum absolute atomic E-state index is 0.0928. The van der Waals surface area contributed by atoms with Crippen LogP contribution in [0.2, 0.25) is 0 Å². The molecule has 0 bridgehead atoms. The highest BCUT2D eigenvalue weighted by Gasteiger charge is 2.39. The second-order valence-electron chi connectivity index (χ2n) is 7.09. The van der Waals surface area contributed by atoms with Crippen molar-refractivity contribution in [2.75, 3.05) is 40.4 Å². The Morgan fingerprint density at radius 2 is 1.93 bits per heavy atom. The summed E-state index contributed by atoms with van der Waals surface area (Å²) in [5, 5.41) is 6.78. The predicted octanol–water partition coefficient (Wildman–Crippen LogP) is 0.904. The largest absolute Gasteiger partial charge is 0.493 e. The number of ether oxygens (including phenoxy) is 2. The Morgan fingerprint density at radius 1 is 1.18 bits per heavy atom. The molecule has 1 saturated heterocycles. The fraction of sp³-hybridized carbons (Fsp3) is 0.400. The van der Waals surface area contributed by atoms with Crippen LogP contribution in [0.4, 0.5) is 0 Å². The lowest BCUT2D eigenvalue weighted by atomic mass is 10.0. The third-order valence-corrected chi connectivity index (χ3v) is 5.26. The van der Waals surface area contributed by atoms with Gasteiger partial charge in [0, 0.05) is 44.5 Å². The van der Waals surface area contributed by atoms with E-state index >= 15 is 0 Å². The van der Waals surface area contributed by atoms with Gasteiger partial charge in [0.2, 0.25) is 0 Å². The summed E-state index contributed by atoms with van der Waals surface area (Å²) in [5.74, 6) is 1.02. The maximum absolute atomic E-state index is 12.9. The third kappa shape index (κ3) is 3.20. The molecule has 0 radical (unpaired) electrons. The lowest BCUT2D eigenvalue weighted by molar-refractivity contribution is -0.128. The van der Waals surface area contributed by atoms with Crippen LogP contribution in [0.5, 0.6) is 11.5 Å². The molecule has 4 heterocycles. The Kier molecular flexibility index (Phi) is 4.72. The van der Waals surface area contributed by atoms with E-state index in [1.807, 2.05) is 19.2 Å². The topological polar surface area (TPSA) is 79.0 Å². The zero-order valence-corrected chi connectivity index (χ0v) is 16.4. The average Bonchev–Trinajstić information content (AvgIpc) is 2.73. The van der Waals surface area contributed by atoms with Gasteiger partial charge in [-0.2, -0.15) is 0 Å². The summed E-state index contributed by atoms with van der Waals surface area (Å²) < 4.78 is 10.6. The molecule has 2 N–H and O–H groups in total. The van der Waals surface area contributed by atoms with E-state index in [4.69, 9.17) is 9.47 Å². The Balaban J connectivity index is 1.63. The quantitative estimate of drug-likeness (QED) is 0.800. The van der Waals surface area contributed by atoms with E-state index in [2.05, 4.69) is 26.6 Å². The number of pyridine rings is 1. The van der Waals surface area contributed by atoms with Gasteiger partial charge in [-0.1, -0.05) is 0 Å². The first kappa shape index (κ1) is 18.4. The van der Waals surface area contributed by atoms with Crippen molar-refractivity contribution < 1.29 is 14.3 Å². The molecule has 1 amide bonds. The highest BCUT2D eigenvalue weighted by Crippen LogP contribution is 2.33. The summed E-state index contributed by atoms with van der Waals surface area (Å²) in [6.45, 7) is 5.73. The molecule has 1 atom stereocenters. The summed E-state index contributed by atoms with van der Waals surface area (Å²) in [4.78, 5) is 21.4. The van der Waals surface area contributed by atoms with Crippen LogP contribution in [-0.2, 0) is 4.79 Å². The molecule has 0 spiro atoms. The molecule has 8 heteroatoms. The molecule has 28 heavy (non-hydrogen) atoms. The van der Waals surface area contributed by atoms with Gasteiger partial charge in [-0.25, -0.2) is 0 Å². The number of piperazine rings is 1. The number of hydrogen-bond donors (Lipinski definition) is 2. The summed E-state index contributed by atoms with van der Waals surface area (Å²) >= 11 is 0. The Hall–Kier alpha value is -3.00. The van der Waals surface area contributed by atoms with E-state index < -0.39 is 5.66 Å². The zero-order valence-electron chi connectivity index (χ0n) is 16.4. The van der Waals surface area contributed by atoms with Gasteiger partial charge in [0.15, 0.2) is 11.5 Å². The van der Waals surface area contributed by atoms with E-state index in [9.17, 15) is 4.79 Å². The van der Waals surface area contributed by atoms with Crippen molar-refractivity contribution in [3.8, 4) is 11.5 Å². The second-order valence-corrected chi connectivity index (χ2v) is 7.09. The standard InChI is InChI=1S/C20H25N5O3/c1-20-5-4-14(24-8-6-21-7-9-24)13-25(20)19(26)11-16(23-20)15-10-17(27-2)18(28-3)12-22-15/h4-5,10-13,21,23H,6-9H2,1-3H3. The maximum Gasteiger partial charge on any atom is 0.254 e. The molecule has 1 aromatic rings. The molecule has 148 valence electrons. The summed E-state index contributed by atoms with van der Waals surface area (Å²) in [6, 6.07) is 1.76. The number of methoxy groups -OCH3 is 2. The van der Waals surface area contributed by atoms with E-state index in [-0.39, 0.29) is 5.91 Å². The van der Waals surface area contributed by atoms with Gasteiger partial charge >= 0.3 is 0 Å². The number of aromatic nitrogens is 1. The smallest absolute Gasteiger partial charge is 0.254 e. The SMILES string of the molecule is COc1cnc(C2=CC(=O)N3C=C(N4CCNCC4)C=CC3(C)N2)cc1OC. The van der Waals surface area contributed by atoms with Crippen LogP contribution in [0, 0.1) is 0 Å². The number of hydrogen-bond acceptors (Lipinski definition) is 7. The van der Waals surface area contributed by atoms with Crippen LogP contribution in [0.3, 0.4) is 0 Å².